The number of hydrogen-bond acceptors (Lipinski definition) is 10. The summed E-state index contributed by atoms with van der Waals surface area (Å²) in [6.07, 6.45) is -3.41. The number of carbonyl (C=O) groups is 2. The molecule has 0 spiro atoms. The summed E-state index contributed by atoms with van der Waals surface area (Å²) in [5, 5.41) is 23.4. The summed E-state index contributed by atoms with van der Waals surface area (Å²) in [6, 6.07) is 10.3. The van der Waals surface area contributed by atoms with Crippen LogP contribution in [0.2, 0.25) is 5.28 Å². The highest BCUT2D eigenvalue weighted by Crippen LogP contribution is 2.35. The summed E-state index contributed by atoms with van der Waals surface area (Å²) in [5.41, 5.74) is 4.48. The molecule has 3 atom stereocenters. The second kappa shape index (κ2) is 9.96. The zero-order valence-electron chi connectivity index (χ0n) is 19.4. The van der Waals surface area contributed by atoms with Crippen molar-refractivity contribution in [3.05, 3.63) is 53.8 Å². The number of ether oxygens (including phenoxy) is 2. The van der Waals surface area contributed by atoms with Crippen LogP contribution in [0.4, 0.5) is 10.2 Å². The lowest BCUT2D eigenvalue weighted by Gasteiger charge is -2.25. The van der Waals surface area contributed by atoms with Crippen LogP contribution in [0.1, 0.15) is 18.4 Å². The molecule has 198 valence electrons. The van der Waals surface area contributed by atoms with E-state index in [1.54, 1.807) is 24.3 Å². The normalized spacial score (nSPS) is 19.7. The van der Waals surface area contributed by atoms with Crippen molar-refractivity contribution in [1.29, 1.82) is 0 Å². The standard InChI is InChI=1S/C23H20ClFN6O7/c24-22-28-17(26)16-18(29-22)31(10-27-16)19-14(25)6-13(37-19)9-36-23(20(32)33,21(34)35)8-12-7-15(30-38-12)11-4-2-1-3-5-11/h1-5,7,10,13-14,19H,6,8-9H2,(H,32,33)(H,34,35)(H2,26,28,29). The Bertz CT molecular complexity index is 1480. The Kier molecular flexibility index (Phi) is 6.69. The van der Waals surface area contributed by atoms with Crippen LogP contribution in [-0.4, -0.2) is 71.3 Å². The third kappa shape index (κ3) is 4.64. The largest absolute Gasteiger partial charge is 0.479 e. The Hall–Kier alpha value is -4.14. The number of nitrogens with two attached hydrogens (primary N) is 1. The summed E-state index contributed by atoms with van der Waals surface area (Å²) >= 11 is 5.87. The zero-order valence-corrected chi connectivity index (χ0v) is 20.2. The minimum atomic E-state index is -2.74. The van der Waals surface area contributed by atoms with Gasteiger partial charge in [0.25, 0.3) is 5.60 Å². The van der Waals surface area contributed by atoms with Crippen molar-refractivity contribution < 1.29 is 38.2 Å². The lowest BCUT2D eigenvalue weighted by Crippen LogP contribution is -2.52. The topological polar surface area (TPSA) is 189 Å². The molecule has 4 heterocycles. The summed E-state index contributed by atoms with van der Waals surface area (Å²) < 4.78 is 32.6. The number of benzene rings is 1. The first-order valence-electron chi connectivity index (χ1n) is 11.2. The van der Waals surface area contributed by atoms with Gasteiger partial charge in [-0.05, 0) is 11.6 Å². The van der Waals surface area contributed by atoms with Crippen molar-refractivity contribution in [3.8, 4) is 11.3 Å². The average Bonchev–Trinajstić information content (AvgIpc) is 3.60. The number of hydrogen-bond donors (Lipinski definition) is 3. The molecule has 0 amide bonds. The van der Waals surface area contributed by atoms with Crippen LogP contribution in [0.5, 0.6) is 0 Å². The van der Waals surface area contributed by atoms with Crippen molar-refractivity contribution in [3.63, 3.8) is 0 Å². The summed E-state index contributed by atoms with van der Waals surface area (Å²) in [5.74, 6) is -3.56. The van der Waals surface area contributed by atoms with E-state index in [9.17, 15) is 24.2 Å². The third-order valence-electron chi connectivity index (χ3n) is 6.08. The first kappa shape index (κ1) is 25.5. The molecule has 4 aromatic rings. The van der Waals surface area contributed by atoms with Gasteiger partial charge in [0.2, 0.25) is 5.28 Å². The summed E-state index contributed by atoms with van der Waals surface area (Å²) in [7, 11) is 0. The highest BCUT2D eigenvalue weighted by Gasteiger charge is 2.51. The smallest absolute Gasteiger partial charge is 0.348 e. The number of rotatable bonds is 9. The van der Waals surface area contributed by atoms with E-state index in [0.29, 0.717) is 11.3 Å². The van der Waals surface area contributed by atoms with Crippen LogP contribution in [0.3, 0.4) is 0 Å². The molecule has 0 radical (unpaired) electrons. The molecule has 1 aliphatic heterocycles. The number of alkyl halides is 1. The SMILES string of the molecule is Nc1nc(Cl)nc2c1ncn2C1OC(COC(Cc2cc(-c3ccccc3)no2)(C(=O)O)C(=O)O)CC1F. The monoisotopic (exact) mass is 546 g/mol. The fourth-order valence-electron chi connectivity index (χ4n) is 4.19. The minimum absolute atomic E-state index is 0.00239. The van der Waals surface area contributed by atoms with E-state index in [1.807, 2.05) is 6.07 Å². The Balaban J connectivity index is 1.33. The second-order valence-corrected chi connectivity index (χ2v) is 8.91. The third-order valence-corrected chi connectivity index (χ3v) is 6.25. The molecule has 5 rings (SSSR count). The van der Waals surface area contributed by atoms with Crippen LogP contribution in [0, 0.1) is 0 Å². The second-order valence-electron chi connectivity index (χ2n) is 8.57. The average molecular weight is 547 g/mol. The molecule has 1 aliphatic rings. The molecular weight excluding hydrogens is 527 g/mol. The number of aromatic nitrogens is 5. The molecule has 13 nitrogen and oxygen atoms in total. The minimum Gasteiger partial charge on any atom is -0.479 e. The van der Waals surface area contributed by atoms with Gasteiger partial charge in [-0.15, -0.1) is 0 Å². The Morgan fingerprint density at radius 1 is 1.24 bits per heavy atom. The quantitative estimate of drug-likeness (QED) is 0.206. The first-order valence-corrected chi connectivity index (χ1v) is 11.6. The number of aliphatic carboxylic acids is 2. The molecule has 4 N–H and O–H groups in total. The predicted molar refractivity (Wildman–Crippen MR) is 128 cm³/mol. The molecule has 1 aromatic carbocycles. The number of anilines is 1. The maximum Gasteiger partial charge on any atom is 0.348 e. The van der Waals surface area contributed by atoms with Gasteiger partial charge >= 0.3 is 11.9 Å². The highest BCUT2D eigenvalue weighted by atomic mass is 35.5. The number of nitrogen functional groups attached to an aromatic ring is 1. The fraction of sp³-hybridized carbons (Fsp3) is 0.304. The molecule has 0 saturated carbocycles. The highest BCUT2D eigenvalue weighted by molar-refractivity contribution is 6.28. The number of halogens is 2. The molecule has 0 bridgehead atoms. The fourth-order valence-corrected chi connectivity index (χ4v) is 4.36. The molecule has 0 aliphatic carbocycles. The molecule has 15 heteroatoms. The van der Waals surface area contributed by atoms with Gasteiger partial charge in [-0.2, -0.15) is 9.97 Å². The van der Waals surface area contributed by atoms with E-state index in [-0.39, 0.29) is 34.4 Å². The lowest BCUT2D eigenvalue weighted by molar-refractivity contribution is -0.188. The maximum absolute atomic E-state index is 15.0. The molecule has 38 heavy (non-hydrogen) atoms. The van der Waals surface area contributed by atoms with Crippen molar-refractivity contribution in [2.24, 2.45) is 0 Å². The van der Waals surface area contributed by atoms with Gasteiger partial charge in [0.05, 0.1) is 25.5 Å². The van der Waals surface area contributed by atoms with E-state index < -0.39 is 49.1 Å². The number of fused-ring (bicyclic) bond motifs is 1. The van der Waals surface area contributed by atoms with Crippen LogP contribution < -0.4 is 5.73 Å². The van der Waals surface area contributed by atoms with Crippen LogP contribution >= 0.6 is 11.6 Å². The molecule has 1 fully saturated rings. The number of imidazole rings is 1. The number of nitrogens with zero attached hydrogens (tertiary/aromatic N) is 5. The van der Waals surface area contributed by atoms with Gasteiger partial charge in [0.15, 0.2) is 17.7 Å². The first-order chi connectivity index (χ1) is 18.2. The zero-order chi connectivity index (χ0) is 27.0. The van der Waals surface area contributed by atoms with Gasteiger partial charge < -0.3 is 29.9 Å². The van der Waals surface area contributed by atoms with E-state index >= 15 is 0 Å². The van der Waals surface area contributed by atoms with E-state index in [1.165, 1.54) is 17.0 Å². The Labute approximate surface area is 217 Å². The molecular formula is C23H20ClFN6O7. The van der Waals surface area contributed by atoms with Crippen LogP contribution in [0.25, 0.3) is 22.4 Å². The van der Waals surface area contributed by atoms with Crippen molar-refractivity contribution in [2.75, 3.05) is 12.3 Å². The Morgan fingerprint density at radius 2 is 1.97 bits per heavy atom. The van der Waals surface area contributed by atoms with E-state index in [4.69, 9.17) is 31.3 Å². The van der Waals surface area contributed by atoms with Gasteiger partial charge in [-0.25, -0.2) is 19.0 Å². The van der Waals surface area contributed by atoms with Gasteiger partial charge in [-0.1, -0.05) is 35.5 Å². The summed E-state index contributed by atoms with van der Waals surface area (Å²) in [6.45, 7) is -0.542. The Morgan fingerprint density at radius 3 is 2.68 bits per heavy atom. The van der Waals surface area contributed by atoms with Gasteiger partial charge in [-0.3, -0.25) is 4.57 Å². The van der Waals surface area contributed by atoms with Gasteiger partial charge in [0.1, 0.15) is 23.1 Å². The lowest BCUT2D eigenvalue weighted by atomic mass is 9.97. The van der Waals surface area contributed by atoms with E-state index in [0.717, 1.165) is 0 Å². The summed E-state index contributed by atoms with van der Waals surface area (Å²) in [4.78, 5) is 36.2. The van der Waals surface area contributed by atoms with E-state index in [2.05, 4.69) is 20.1 Å². The van der Waals surface area contributed by atoms with Crippen molar-refractivity contribution in [1.82, 2.24) is 24.7 Å². The van der Waals surface area contributed by atoms with Crippen LogP contribution in [0.15, 0.2) is 47.2 Å². The molecule has 3 unspecified atom stereocenters. The number of carboxylic acid groups (broad SMARTS) is 2. The van der Waals surface area contributed by atoms with Crippen molar-refractivity contribution in [2.45, 2.75) is 36.9 Å². The predicted octanol–water partition coefficient (Wildman–Crippen LogP) is 2.51. The van der Waals surface area contributed by atoms with Crippen molar-refractivity contribution >= 4 is 40.5 Å². The van der Waals surface area contributed by atoms with Gasteiger partial charge in [0, 0.05) is 18.1 Å². The number of carboxylic acids is 2. The van der Waals surface area contributed by atoms with Crippen LogP contribution in [-0.2, 0) is 25.5 Å². The maximum atomic E-state index is 15.0. The molecule has 1 saturated heterocycles. The molecule has 3 aromatic heterocycles.